The Hall–Kier alpha value is -2.56. The normalized spacial score (nSPS) is 12.1. The maximum atomic E-state index is 5.68. The minimum absolute atomic E-state index is 0.802. The summed E-state index contributed by atoms with van der Waals surface area (Å²) in [6.07, 6.45) is 3.24. The van der Waals surface area contributed by atoms with Gasteiger partial charge in [-0.15, -0.1) is 0 Å². The molecule has 20 heavy (non-hydrogen) atoms. The Kier molecular flexibility index (Phi) is 4.20. The van der Waals surface area contributed by atoms with E-state index in [-0.39, 0.29) is 0 Å². The van der Waals surface area contributed by atoms with Crippen LogP contribution in [0.25, 0.3) is 11.3 Å². The third-order valence-corrected chi connectivity index (χ3v) is 3.08. The van der Waals surface area contributed by atoms with Crippen molar-refractivity contribution in [3.05, 3.63) is 47.8 Å². The monoisotopic (exact) mass is 269 g/mol. The molecule has 0 atom stereocenters. The van der Waals surface area contributed by atoms with Crippen molar-refractivity contribution in [2.45, 2.75) is 6.92 Å². The zero-order valence-electron chi connectivity index (χ0n) is 12.0. The van der Waals surface area contributed by atoms with E-state index in [2.05, 4.69) is 15.4 Å². The number of anilines is 1. The number of para-hydroxylation sites is 1. The minimum atomic E-state index is 0.802. The molecule has 1 aromatic heterocycles. The molecule has 5 nitrogen and oxygen atoms in total. The topological polar surface area (TPSA) is 68.2 Å². The Morgan fingerprint density at radius 1 is 1.35 bits per heavy atom. The van der Waals surface area contributed by atoms with E-state index < -0.39 is 0 Å². The Morgan fingerprint density at radius 3 is 2.60 bits per heavy atom. The summed E-state index contributed by atoms with van der Waals surface area (Å²) in [5.41, 5.74) is 9.34. The summed E-state index contributed by atoms with van der Waals surface area (Å²) in [4.78, 5) is 4.02. The molecule has 5 heteroatoms. The summed E-state index contributed by atoms with van der Waals surface area (Å²) in [6, 6.07) is 9.97. The average Bonchev–Trinajstić information content (AvgIpc) is 2.82. The van der Waals surface area contributed by atoms with Crippen molar-refractivity contribution in [2.24, 2.45) is 10.7 Å². The number of aromatic nitrogens is 2. The van der Waals surface area contributed by atoms with E-state index >= 15 is 0 Å². The van der Waals surface area contributed by atoms with Gasteiger partial charge >= 0.3 is 0 Å². The molecular weight excluding hydrogens is 250 g/mol. The molecule has 0 aliphatic carbocycles. The van der Waals surface area contributed by atoms with Crippen LogP contribution in [0.5, 0.6) is 0 Å². The van der Waals surface area contributed by atoms with Gasteiger partial charge in [-0.1, -0.05) is 18.2 Å². The zero-order valence-corrected chi connectivity index (χ0v) is 12.0. The first-order valence-corrected chi connectivity index (χ1v) is 6.40. The second kappa shape index (κ2) is 6.06. The van der Waals surface area contributed by atoms with Crippen LogP contribution in [0.4, 0.5) is 5.82 Å². The van der Waals surface area contributed by atoms with Gasteiger partial charge in [0.2, 0.25) is 0 Å². The highest BCUT2D eigenvalue weighted by atomic mass is 15.3. The number of hydrogen-bond donors (Lipinski definition) is 2. The fourth-order valence-corrected chi connectivity index (χ4v) is 2.14. The molecule has 2 aromatic rings. The number of rotatable bonds is 4. The smallest absolute Gasteiger partial charge is 0.133 e. The fraction of sp³-hybridized carbons (Fsp3) is 0.200. The molecule has 0 bridgehead atoms. The van der Waals surface area contributed by atoms with Gasteiger partial charge in [0, 0.05) is 37.6 Å². The number of nitrogens with one attached hydrogen (secondary N) is 1. The number of hydrogen-bond acceptors (Lipinski definition) is 4. The van der Waals surface area contributed by atoms with E-state index in [4.69, 9.17) is 5.73 Å². The van der Waals surface area contributed by atoms with E-state index in [1.165, 1.54) is 6.20 Å². The lowest BCUT2D eigenvalue weighted by atomic mass is 10.1. The van der Waals surface area contributed by atoms with Crippen LogP contribution < -0.4 is 11.1 Å². The average molecular weight is 269 g/mol. The summed E-state index contributed by atoms with van der Waals surface area (Å²) in [5.74, 6) is 0.940. The molecule has 1 heterocycles. The number of nitrogens with zero attached hydrogens (tertiary/aromatic N) is 3. The highest BCUT2D eigenvalue weighted by molar-refractivity contribution is 6.09. The molecule has 0 aliphatic rings. The van der Waals surface area contributed by atoms with Crippen molar-refractivity contribution in [3.8, 4) is 5.69 Å². The predicted molar refractivity (Wildman–Crippen MR) is 84.4 cm³/mol. The highest BCUT2D eigenvalue weighted by Crippen LogP contribution is 2.26. The molecule has 1 aromatic carbocycles. The first-order valence-electron chi connectivity index (χ1n) is 6.40. The molecule has 0 saturated carbocycles. The molecule has 104 valence electrons. The van der Waals surface area contributed by atoms with Crippen LogP contribution in [0.2, 0.25) is 0 Å². The summed E-state index contributed by atoms with van der Waals surface area (Å²) in [6.45, 7) is 2.01. The van der Waals surface area contributed by atoms with Gasteiger partial charge in [0.1, 0.15) is 11.5 Å². The van der Waals surface area contributed by atoms with E-state index in [0.717, 1.165) is 28.3 Å². The van der Waals surface area contributed by atoms with Crippen LogP contribution in [0.1, 0.15) is 11.3 Å². The third kappa shape index (κ3) is 2.42. The lowest BCUT2D eigenvalue weighted by Gasteiger charge is -2.06. The van der Waals surface area contributed by atoms with E-state index in [9.17, 15) is 0 Å². The molecule has 0 aliphatic heterocycles. The summed E-state index contributed by atoms with van der Waals surface area (Å²) < 4.78 is 1.87. The van der Waals surface area contributed by atoms with Gasteiger partial charge in [-0.05, 0) is 19.1 Å². The van der Waals surface area contributed by atoms with Crippen LogP contribution in [0, 0.1) is 6.92 Å². The van der Waals surface area contributed by atoms with Crippen molar-refractivity contribution in [1.82, 2.24) is 9.78 Å². The van der Waals surface area contributed by atoms with Gasteiger partial charge in [0.25, 0.3) is 0 Å². The van der Waals surface area contributed by atoms with Crippen molar-refractivity contribution in [2.75, 3.05) is 19.4 Å². The van der Waals surface area contributed by atoms with E-state index in [1.54, 1.807) is 13.3 Å². The largest absolute Gasteiger partial charge is 0.404 e. The van der Waals surface area contributed by atoms with Crippen molar-refractivity contribution in [1.29, 1.82) is 0 Å². The van der Waals surface area contributed by atoms with Crippen LogP contribution in [-0.2, 0) is 0 Å². The number of nitrogens with two attached hydrogens (primary N) is 1. The Balaban J connectivity index is 2.61. The molecule has 0 spiro atoms. The van der Waals surface area contributed by atoms with Crippen LogP contribution in [0.3, 0.4) is 0 Å². The van der Waals surface area contributed by atoms with Crippen molar-refractivity contribution < 1.29 is 0 Å². The number of aliphatic imine (C=N–C) groups is 1. The Labute approximate surface area is 118 Å². The first-order chi connectivity index (χ1) is 9.72. The van der Waals surface area contributed by atoms with Gasteiger partial charge < -0.3 is 11.1 Å². The van der Waals surface area contributed by atoms with Gasteiger partial charge in [0.15, 0.2) is 0 Å². The Bertz CT molecular complexity index is 638. The summed E-state index contributed by atoms with van der Waals surface area (Å²) >= 11 is 0. The van der Waals surface area contributed by atoms with Crippen molar-refractivity contribution in [3.63, 3.8) is 0 Å². The molecule has 0 amide bonds. The number of allylic oxidation sites excluding steroid dienone is 1. The third-order valence-electron chi connectivity index (χ3n) is 3.08. The molecule has 2 rings (SSSR count). The first kappa shape index (κ1) is 13.9. The summed E-state index contributed by atoms with van der Waals surface area (Å²) in [5, 5.41) is 7.85. The van der Waals surface area contributed by atoms with E-state index in [0.29, 0.717) is 0 Å². The van der Waals surface area contributed by atoms with Gasteiger partial charge in [-0.2, -0.15) is 5.10 Å². The molecular formula is C15H19N5. The van der Waals surface area contributed by atoms with E-state index in [1.807, 2.05) is 49.0 Å². The second-order valence-corrected chi connectivity index (χ2v) is 4.33. The zero-order chi connectivity index (χ0) is 14.5. The lowest BCUT2D eigenvalue weighted by molar-refractivity contribution is 0.879. The van der Waals surface area contributed by atoms with Crippen molar-refractivity contribution >= 4 is 17.6 Å². The van der Waals surface area contributed by atoms with Gasteiger partial charge in [-0.3, -0.25) is 4.99 Å². The predicted octanol–water partition coefficient (Wildman–Crippen LogP) is 2.22. The van der Waals surface area contributed by atoms with Crippen LogP contribution in [0.15, 0.2) is 41.5 Å². The standard InChI is InChI=1S/C15H19N5/c1-11-14(12(9-16)10-17-2)19-20(15(11)18-3)13-7-5-4-6-8-13/h4-10,18H,16H2,1-3H3. The summed E-state index contributed by atoms with van der Waals surface area (Å²) in [7, 11) is 3.60. The highest BCUT2D eigenvalue weighted by Gasteiger charge is 2.16. The fourth-order valence-electron chi connectivity index (χ4n) is 2.14. The second-order valence-electron chi connectivity index (χ2n) is 4.33. The molecule has 3 N–H and O–H groups in total. The quantitative estimate of drug-likeness (QED) is 0.836. The maximum Gasteiger partial charge on any atom is 0.133 e. The van der Waals surface area contributed by atoms with Gasteiger partial charge in [0.05, 0.1) is 5.69 Å². The van der Waals surface area contributed by atoms with Crippen LogP contribution >= 0.6 is 0 Å². The Morgan fingerprint density at radius 2 is 2.05 bits per heavy atom. The SMILES string of the molecule is CN=CC(=CN)c1nn(-c2ccccc2)c(NC)c1C. The minimum Gasteiger partial charge on any atom is -0.404 e. The maximum absolute atomic E-state index is 5.68. The molecule has 0 fully saturated rings. The van der Waals surface area contributed by atoms with Crippen LogP contribution in [-0.4, -0.2) is 30.1 Å². The van der Waals surface area contributed by atoms with Gasteiger partial charge in [-0.25, -0.2) is 4.68 Å². The lowest BCUT2D eigenvalue weighted by Crippen LogP contribution is -2.02. The number of benzene rings is 1. The molecule has 0 radical (unpaired) electrons. The molecule has 0 saturated heterocycles. The molecule has 0 unspecified atom stereocenters.